The summed E-state index contributed by atoms with van der Waals surface area (Å²) in [6, 6.07) is 0. The predicted octanol–water partition coefficient (Wildman–Crippen LogP) is -0.380. The molecule has 2 saturated heterocycles. The van der Waals surface area contributed by atoms with E-state index in [4.69, 9.17) is 0 Å². The molecule has 1 atom stereocenters. The van der Waals surface area contributed by atoms with E-state index in [1.807, 2.05) is 0 Å². The Labute approximate surface area is 67.4 Å². The molecule has 0 amide bonds. The molecule has 11 heavy (non-hydrogen) atoms. The molecule has 0 saturated carbocycles. The Kier molecular flexibility index (Phi) is 1.67. The summed E-state index contributed by atoms with van der Waals surface area (Å²) >= 11 is 0. The maximum Gasteiger partial charge on any atom is 0.111 e. The topological polar surface area (TPSA) is 35.5 Å². The average molecular weight is 156 g/mol. The molecule has 2 rings (SSSR count). The van der Waals surface area contributed by atoms with Crippen LogP contribution in [0.25, 0.3) is 0 Å². The van der Waals surface area contributed by atoms with Gasteiger partial charge in [-0.1, -0.05) is 0 Å². The van der Waals surface area contributed by atoms with Crippen molar-refractivity contribution in [2.45, 2.75) is 19.1 Å². The third-order valence-corrected chi connectivity index (χ3v) is 3.21. The molecule has 3 nitrogen and oxygen atoms in total. The number of hydrogen-bond acceptors (Lipinski definition) is 3. The number of aliphatic hydroxyl groups is 1. The first-order valence-corrected chi connectivity index (χ1v) is 4.33. The Balaban J connectivity index is 1.96. The number of piperidine rings is 1. The van der Waals surface area contributed by atoms with E-state index >= 15 is 0 Å². The molecule has 0 aliphatic carbocycles. The fourth-order valence-corrected chi connectivity index (χ4v) is 2.00. The van der Waals surface area contributed by atoms with E-state index in [1.165, 1.54) is 0 Å². The first-order valence-electron chi connectivity index (χ1n) is 4.33. The van der Waals surface area contributed by atoms with Gasteiger partial charge >= 0.3 is 0 Å². The predicted molar refractivity (Wildman–Crippen MR) is 43.2 cm³/mol. The van der Waals surface area contributed by atoms with Gasteiger partial charge in [0.05, 0.1) is 0 Å². The molecule has 2 heterocycles. The SMILES string of the molecule is CN1CCC2(CC1)CNC2O. The maximum atomic E-state index is 9.48. The van der Waals surface area contributed by atoms with Crippen LogP contribution in [0, 0.1) is 5.41 Å². The third-order valence-electron chi connectivity index (χ3n) is 3.21. The highest BCUT2D eigenvalue weighted by Crippen LogP contribution is 2.38. The quantitative estimate of drug-likeness (QED) is 0.502. The Hall–Kier alpha value is -0.120. The molecule has 3 heteroatoms. The second-order valence-electron chi connectivity index (χ2n) is 3.95. The van der Waals surface area contributed by atoms with E-state index in [-0.39, 0.29) is 11.6 Å². The van der Waals surface area contributed by atoms with Gasteiger partial charge in [0, 0.05) is 12.0 Å². The van der Waals surface area contributed by atoms with Gasteiger partial charge in [-0.25, -0.2) is 0 Å². The molecule has 0 aromatic rings. The van der Waals surface area contributed by atoms with Crippen LogP contribution in [0.3, 0.4) is 0 Å². The fourth-order valence-electron chi connectivity index (χ4n) is 2.00. The molecule has 2 fully saturated rings. The molecular weight excluding hydrogens is 140 g/mol. The van der Waals surface area contributed by atoms with E-state index in [1.54, 1.807) is 0 Å². The summed E-state index contributed by atoms with van der Waals surface area (Å²) in [6.07, 6.45) is 2.08. The van der Waals surface area contributed by atoms with Crippen LogP contribution in [0.4, 0.5) is 0 Å². The second kappa shape index (κ2) is 2.44. The molecule has 64 valence electrons. The zero-order valence-corrected chi connectivity index (χ0v) is 7.01. The van der Waals surface area contributed by atoms with Crippen LogP contribution in [0.5, 0.6) is 0 Å². The lowest BCUT2D eigenvalue weighted by Gasteiger charge is -2.51. The smallest absolute Gasteiger partial charge is 0.111 e. The molecule has 0 bridgehead atoms. The van der Waals surface area contributed by atoms with Gasteiger partial charge in [-0.2, -0.15) is 0 Å². The molecule has 1 unspecified atom stereocenters. The van der Waals surface area contributed by atoms with Gasteiger partial charge in [0.25, 0.3) is 0 Å². The summed E-state index contributed by atoms with van der Waals surface area (Å²) in [5, 5.41) is 12.5. The lowest BCUT2D eigenvalue weighted by atomic mass is 9.72. The first kappa shape index (κ1) is 7.53. The Morgan fingerprint density at radius 1 is 1.45 bits per heavy atom. The summed E-state index contributed by atoms with van der Waals surface area (Å²) in [7, 11) is 2.14. The van der Waals surface area contributed by atoms with Crippen molar-refractivity contribution in [1.82, 2.24) is 10.2 Å². The van der Waals surface area contributed by atoms with Crippen LogP contribution in [-0.2, 0) is 0 Å². The van der Waals surface area contributed by atoms with Gasteiger partial charge < -0.3 is 10.0 Å². The van der Waals surface area contributed by atoms with Crippen molar-refractivity contribution in [1.29, 1.82) is 0 Å². The number of hydrogen-bond donors (Lipinski definition) is 2. The van der Waals surface area contributed by atoms with Crippen molar-refractivity contribution in [2.75, 3.05) is 26.7 Å². The van der Waals surface area contributed by atoms with Crippen LogP contribution in [0.2, 0.25) is 0 Å². The summed E-state index contributed by atoms with van der Waals surface area (Å²) in [4.78, 5) is 2.33. The van der Waals surface area contributed by atoms with Crippen molar-refractivity contribution in [3.63, 3.8) is 0 Å². The summed E-state index contributed by atoms with van der Waals surface area (Å²) in [6.45, 7) is 3.29. The van der Waals surface area contributed by atoms with Gasteiger partial charge in [-0.3, -0.25) is 5.32 Å². The number of aliphatic hydroxyl groups excluding tert-OH is 1. The minimum atomic E-state index is -0.226. The molecule has 2 aliphatic rings. The lowest BCUT2D eigenvalue weighted by molar-refractivity contribution is -0.106. The average Bonchev–Trinajstić information content (AvgIpc) is 2.03. The van der Waals surface area contributed by atoms with E-state index in [0.717, 1.165) is 32.5 Å². The van der Waals surface area contributed by atoms with Gasteiger partial charge in [0.1, 0.15) is 6.23 Å². The second-order valence-corrected chi connectivity index (χ2v) is 3.95. The zero-order chi connectivity index (χ0) is 7.90. The van der Waals surface area contributed by atoms with Crippen LogP contribution in [0.15, 0.2) is 0 Å². The Morgan fingerprint density at radius 3 is 2.45 bits per heavy atom. The molecule has 2 N–H and O–H groups in total. The molecular formula is C8H16N2O. The van der Waals surface area contributed by atoms with E-state index < -0.39 is 0 Å². The van der Waals surface area contributed by atoms with Crippen LogP contribution >= 0.6 is 0 Å². The molecule has 0 radical (unpaired) electrons. The van der Waals surface area contributed by atoms with Gasteiger partial charge in [-0.15, -0.1) is 0 Å². The van der Waals surface area contributed by atoms with Crippen LogP contribution in [-0.4, -0.2) is 42.9 Å². The minimum absolute atomic E-state index is 0.226. The first-order chi connectivity index (χ1) is 5.23. The van der Waals surface area contributed by atoms with E-state index in [0.29, 0.717) is 0 Å². The van der Waals surface area contributed by atoms with Crippen molar-refractivity contribution in [2.24, 2.45) is 5.41 Å². The van der Waals surface area contributed by atoms with Crippen LogP contribution < -0.4 is 5.32 Å². The normalized spacial score (nSPS) is 37.1. The van der Waals surface area contributed by atoms with E-state index in [2.05, 4.69) is 17.3 Å². The molecule has 0 aromatic carbocycles. The molecule has 1 spiro atoms. The maximum absolute atomic E-state index is 9.48. The summed E-state index contributed by atoms with van der Waals surface area (Å²) in [5.41, 5.74) is 0.243. The number of rotatable bonds is 0. The van der Waals surface area contributed by atoms with Gasteiger partial charge in [0.2, 0.25) is 0 Å². The van der Waals surface area contributed by atoms with Crippen molar-refractivity contribution >= 4 is 0 Å². The monoisotopic (exact) mass is 156 g/mol. The summed E-state index contributed by atoms with van der Waals surface area (Å²) < 4.78 is 0. The Bertz CT molecular complexity index is 152. The van der Waals surface area contributed by atoms with Crippen molar-refractivity contribution < 1.29 is 5.11 Å². The van der Waals surface area contributed by atoms with Crippen molar-refractivity contribution in [3.8, 4) is 0 Å². The van der Waals surface area contributed by atoms with Gasteiger partial charge in [-0.05, 0) is 33.0 Å². The highest BCUT2D eigenvalue weighted by atomic mass is 16.3. The molecule has 0 aromatic heterocycles. The number of nitrogens with zero attached hydrogens (tertiary/aromatic N) is 1. The number of nitrogens with one attached hydrogen (secondary N) is 1. The third kappa shape index (κ3) is 1.08. The minimum Gasteiger partial charge on any atom is -0.378 e. The highest BCUT2D eigenvalue weighted by molar-refractivity contribution is 4.98. The van der Waals surface area contributed by atoms with Crippen LogP contribution in [0.1, 0.15) is 12.8 Å². The molecule has 2 aliphatic heterocycles. The van der Waals surface area contributed by atoms with Gasteiger partial charge in [0.15, 0.2) is 0 Å². The number of likely N-dealkylation sites (tertiary alicyclic amines) is 1. The van der Waals surface area contributed by atoms with E-state index in [9.17, 15) is 5.11 Å². The Morgan fingerprint density at radius 2 is 2.09 bits per heavy atom. The van der Waals surface area contributed by atoms with Crippen molar-refractivity contribution in [3.05, 3.63) is 0 Å². The zero-order valence-electron chi connectivity index (χ0n) is 7.01. The fraction of sp³-hybridized carbons (Fsp3) is 1.00. The lowest BCUT2D eigenvalue weighted by Crippen LogP contribution is -2.65. The highest BCUT2D eigenvalue weighted by Gasteiger charge is 2.46. The standard InChI is InChI=1S/C8H16N2O/c1-10-4-2-8(3-5-10)6-9-7(8)11/h7,9,11H,2-6H2,1H3. The largest absolute Gasteiger partial charge is 0.378 e. The summed E-state index contributed by atoms with van der Waals surface area (Å²) in [5.74, 6) is 0.